The zero-order valence-corrected chi connectivity index (χ0v) is 15.2. The van der Waals surface area contributed by atoms with Crippen molar-refractivity contribution < 1.29 is 24.5 Å². The lowest BCUT2D eigenvalue weighted by Gasteiger charge is -2.44. The van der Waals surface area contributed by atoms with Crippen LogP contribution in [0.3, 0.4) is 0 Å². The van der Waals surface area contributed by atoms with Gasteiger partial charge in [0.1, 0.15) is 6.10 Å². The van der Waals surface area contributed by atoms with Gasteiger partial charge in [0.2, 0.25) is 0 Å². The van der Waals surface area contributed by atoms with E-state index < -0.39 is 28.5 Å². The molecule has 2 bridgehead atoms. The van der Waals surface area contributed by atoms with Gasteiger partial charge >= 0.3 is 5.97 Å². The number of fused-ring (bicyclic) bond motifs is 3. The van der Waals surface area contributed by atoms with Crippen LogP contribution in [0.4, 0.5) is 0 Å². The van der Waals surface area contributed by atoms with Gasteiger partial charge < -0.3 is 14.9 Å². The van der Waals surface area contributed by atoms with Crippen LogP contribution in [0.2, 0.25) is 0 Å². The van der Waals surface area contributed by atoms with Gasteiger partial charge in [-0.15, -0.1) is 0 Å². The number of hydrogen-bond donors (Lipinski definition) is 2. The average Bonchev–Trinajstić information content (AvgIpc) is 2.92. The molecular weight excluding hydrogens is 320 g/mol. The van der Waals surface area contributed by atoms with E-state index in [1.54, 1.807) is 0 Å². The molecule has 1 spiro atoms. The first-order valence-corrected chi connectivity index (χ1v) is 9.29. The number of carbonyl (C=O) groups excluding carboxylic acids is 2. The standard InChI is InChI=1S/C20H28O5/c1-10-8-19-9-20(10,24)6-5-12(19)11-7-13(21)16(22)18(2,3)14(11)15(19)17(23)25-4/h11-15,21,24H,1,5-9H2,2-4H3/t11?,12-,13?,14+,15+,19-,20-/m0/s1. The van der Waals surface area contributed by atoms with Crippen molar-refractivity contribution in [3.8, 4) is 0 Å². The second-order valence-electron chi connectivity index (χ2n) is 9.39. The van der Waals surface area contributed by atoms with Crippen LogP contribution in [-0.2, 0) is 14.3 Å². The molecule has 0 heterocycles. The normalized spacial score (nSPS) is 50.4. The van der Waals surface area contributed by atoms with E-state index in [4.69, 9.17) is 4.74 Å². The second-order valence-corrected chi connectivity index (χ2v) is 9.39. The van der Waals surface area contributed by atoms with Crippen LogP contribution < -0.4 is 0 Å². The fourth-order valence-electron chi connectivity index (χ4n) is 7.18. The quantitative estimate of drug-likeness (QED) is 0.558. The highest BCUT2D eigenvalue weighted by atomic mass is 16.5. The van der Waals surface area contributed by atoms with Crippen molar-refractivity contribution in [3.05, 3.63) is 12.2 Å². The maximum absolute atomic E-state index is 12.9. The van der Waals surface area contributed by atoms with Crippen molar-refractivity contribution in [2.45, 2.75) is 57.7 Å². The van der Waals surface area contributed by atoms with Crippen molar-refractivity contribution in [1.29, 1.82) is 0 Å². The zero-order chi connectivity index (χ0) is 18.4. The van der Waals surface area contributed by atoms with Crippen LogP contribution in [-0.4, -0.2) is 40.8 Å². The monoisotopic (exact) mass is 348 g/mol. The van der Waals surface area contributed by atoms with Gasteiger partial charge in [-0.2, -0.15) is 0 Å². The first kappa shape index (κ1) is 17.2. The summed E-state index contributed by atoms with van der Waals surface area (Å²) < 4.78 is 5.18. The number of ether oxygens (including phenoxy) is 1. The molecule has 0 aromatic carbocycles. The fourth-order valence-corrected chi connectivity index (χ4v) is 7.18. The van der Waals surface area contributed by atoms with Crippen LogP contribution in [0, 0.1) is 34.5 Å². The number of aliphatic hydroxyl groups is 2. The molecule has 0 amide bonds. The molecule has 138 valence electrons. The van der Waals surface area contributed by atoms with Crippen LogP contribution in [0.5, 0.6) is 0 Å². The smallest absolute Gasteiger partial charge is 0.309 e. The van der Waals surface area contributed by atoms with Gasteiger partial charge in [-0.25, -0.2) is 0 Å². The Morgan fingerprint density at radius 3 is 2.68 bits per heavy atom. The van der Waals surface area contributed by atoms with Gasteiger partial charge in [-0.05, 0) is 60.8 Å². The number of rotatable bonds is 1. The van der Waals surface area contributed by atoms with Gasteiger partial charge in [0.05, 0.1) is 18.6 Å². The molecule has 5 heteroatoms. The number of aliphatic hydroxyl groups excluding tert-OH is 1. The summed E-state index contributed by atoms with van der Waals surface area (Å²) in [4.78, 5) is 25.6. The lowest BCUT2D eigenvalue weighted by molar-refractivity contribution is -0.160. The van der Waals surface area contributed by atoms with E-state index in [0.717, 1.165) is 12.0 Å². The van der Waals surface area contributed by atoms with Gasteiger partial charge in [0.15, 0.2) is 5.78 Å². The first-order chi connectivity index (χ1) is 11.6. The summed E-state index contributed by atoms with van der Waals surface area (Å²) in [5.41, 5.74) is -1.26. The molecule has 0 aliphatic heterocycles. The number of ketones is 1. The van der Waals surface area contributed by atoms with Crippen LogP contribution >= 0.6 is 0 Å². The molecule has 0 aromatic rings. The van der Waals surface area contributed by atoms with Crippen molar-refractivity contribution in [3.63, 3.8) is 0 Å². The minimum absolute atomic E-state index is 0.0993. The van der Waals surface area contributed by atoms with Crippen molar-refractivity contribution in [1.82, 2.24) is 0 Å². The van der Waals surface area contributed by atoms with E-state index in [9.17, 15) is 19.8 Å². The summed E-state index contributed by atoms with van der Waals surface area (Å²) in [6.45, 7) is 7.82. The Bertz CT molecular complexity index is 667. The van der Waals surface area contributed by atoms with E-state index in [1.165, 1.54) is 7.11 Å². The van der Waals surface area contributed by atoms with Gasteiger partial charge in [-0.3, -0.25) is 9.59 Å². The summed E-state index contributed by atoms with van der Waals surface area (Å²) >= 11 is 0. The molecule has 4 rings (SSSR count). The lowest BCUT2D eigenvalue weighted by Crippen LogP contribution is -2.51. The van der Waals surface area contributed by atoms with Gasteiger partial charge in [0, 0.05) is 5.41 Å². The molecule has 4 aliphatic carbocycles. The third-order valence-corrected chi connectivity index (χ3v) is 8.11. The van der Waals surface area contributed by atoms with E-state index in [2.05, 4.69) is 6.58 Å². The third-order valence-electron chi connectivity index (χ3n) is 8.11. The topological polar surface area (TPSA) is 83.8 Å². The lowest BCUT2D eigenvalue weighted by atomic mass is 9.59. The summed E-state index contributed by atoms with van der Waals surface area (Å²) in [7, 11) is 1.40. The van der Waals surface area contributed by atoms with Crippen molar-refractivity contribution in [2.24, 2.45) is 34.5 Å². The molecule has 2 unspecified atom stereocenters. The maximum Gasteiger partial charge on any atom is 0.309 e. The minimum Gasteiger partial charge on any atom is -0.469 e. The SMILES string of the molecule is C=C1C[C@]23C[C@@]1(O)CC[C@H]2C1CC(O)C(=O)C(C)(C)[C@H]1[C@@H]3C(=O)OC. The minimum atomic E-state index is -0.963. The number of Topliss-reactive ketones (excluding diaryl/α,β-unsaturated/α-hetero) is 1. The largest absolute Gasteiger partial charge is 0.469 e. The molecule has 5 nitrogen and oxygen atoms in total. The Kier molecular flexibility index (Phi) is 3.41. The molecule has 4 fully saturated rings. The first-order valence-electron chi connectivity index (χ1n) is 9.29. The molecular formula is C20H28O5. The van der Waals surface area contributed by atoms with Crippen LogP contribution in [0.15, 0.2) is 12.2 Å². The third kappa shape index (κ3) is 1.91. The predicted octanol–water partition coefficient (Wildman–Crippen LogP) is 1.86. The number of esters is 1. The number of hydrogen-bond acceptors (Lipinski definition) is 5. The Morgan fingerprint density at radius 2 is 2.04 bits per heavy atom. The number of carbonyl (C=O) groups is 2. The van der Waals surface area contributed by atoms with E-state index in [0.29, 0.717) is 25.7 Å². The molecule has 25 heavy (non-hydrogen) atoms. The molecule has 7 atom stereocenters. The highest BCUT2D eigenvalue weighted by Gasteiger charge is 2.73. The van der Waals surface area contributed by atoms with E-state index >= 15 is 0 Å². The Morgan fingerprint density at radius 1 is 1.36 bits per heavy atom. The maximum atomic E-state index is 12.9. The average molecular weight is 348 g/mol. The van der Waals surface area contributed by atoms with E-state index in [-0.39, 0.29) is 29.5 Å². The fraction of sp³-hybridized carbons (Fsp3) is 0.800. The molecule has 4 saturated carbocycles. The predicted molar refractivity (Wildman–Crippen MR) is 90.4 cm³/mol. The summed E-state index contributed by atoms with van der Waals surface area (Å²) in [5.74, 6) is -0.733. The van der Waals surface area contributed by atoms with Crippen LogP contribution in [0.25, 0.3) is 0 Å². The molecule has 0 radical (unpaired) electrons. The van der Waals surface area contributed by atoms with E-state index in [1.807, 2.05) is 13.8 Å². The highest BCUT2D eigenvalue weighted by molar-refractivity contribution is 5.90. The van der Waals surface area contributed by atoms with Crippen molar-refractivity contribution >= 4 is 11.8 Å². The highest BCUT2D eigenvalue weighted by Crippen LogP contribution is 2.73. The molecule has 4 aliphatic rings. The van der Waals surface area contributed by atoms with Crippen molar-refractivity contribution in [2.75, 3.05) is 7.11 Å². The summed E-state index contributed by atoms with van der Waals surface area (Å²) in [6.07, 6.45) is 2.05. The molecule has 2 N–H and O–H groups in total. The Labute approximate surface area is 148 Å². The Hall–Kier alpha value is -1.20. The van der Waals surface area contributed by atoms with Crippen LogP contribution in [0.1, 0.15) is 46.0 Å². The molecule has 0 aromatic heterocycles. The van der Waals surface area contributed by atoms with Gasteiger partial charge in [0.25, 0.3) is 0 Å². The Balaban J connectivity index is 1.89. The summed E-state index contributed by atoms with van der Waals surface area (Å²) in [6, 6.07) is 0. The molecule has 0 saturated heterocycles. The summed E-state index contributed by atoms with van der Waals surface area (Å²) in [5, 5.41) is 21.4. The zero-order valence-electron chi connectivity index (χ0n) is 15.2. The van der Waals surface area contributed by atoms with Gasteiger partial charge in [-0.1, -0.05) is 20.4 Å². The number of methoxy groups -OCH3 is 1. The second kappa shape index (κ2) is 4.95.